The summed E-state index contributed by atoms with van der Waals surface area (Å²) < 4.78 is 24.9. The molecule has 0 saturated carbocycles. The van der Waals surface area contributed by atoms with Gasteiger partial charge in [0.15, 0.2) is 11.6 Å². The van der Waals surface area contributed by atoms with Gasteiger partial charge >= 0.3 is 0 Å². The molecule has 0 aliphatic heterocycles. The van der Waals surface area contributed by atoms with E-state index in [1.807, 2.05) is 6.07 Å². The number of anilines is 2. The number of nitrogens with one attached hydrogen (secondary N) is 1. The molecule has 0 spiro atoms. The van der Waals surface area contributed by atoms with Gasteiger partial charge in [-0.3, -0.25) is 0 Å². The predicted octanol–water partition coefficient (Wildman–Crippen LogP) is 3.80. The first-order chi connectivity index (χ1) is 11.1. The number of nitrogens with two attached hydrogens (primary N) is 1. The van der Waals surface area contributed by atoms with E-state index in [-0.39, 0.29) is 5.75 Å². The molecule has 3 aromatic rings. The van der Waals surface area contributed by atoms with Crippen LogP contribution in [0.2, 0.25) is 0 Å². The first-order valence-electron chi connectivity index (χ1n) is 7.00. The summed E-state index contributed by atoms with van der Waals surface area (Å²) in [6.45, 7) is 0. The minimum Gasteiger partial charge on any atom is -0.497 e. The van der Waals surface area contributed by atoms with E-state index in [1.165, 1.54) is 12.1 Å². The Balaban J connectivity index is 2.11. The van der Waals surface area contributed by atoms with Gasteiger partial charge in [-0.1, -0.05) is 0 Å². The van der Waals surface area contributed by atoms with E-state index in [9.17, 15) is 4.39 Å². The van der Waals surface area contributed by atoms with Crippen LogP contribution in [0.5, 0.6) is 17.2 Å². The first kappa shape index (κ1) is 14.9. The summed E-state index contributed by atoms with van der Waals surface area (Å²) in [6, 6.07) is 11.4. The summed E-state index contributed by atoms with van der Waals surface area (Å²) in [5.74, 6) is 1.37. The van der Waals surface area contributed by atoms with E-state index in [0.717, 1.165) is 5.39 Å². The van der Waals surface area contributed by atoms with Crippen molar-refractivity contribution in [2.75, 3.05) is 25.2 Å². The van der Waals surface area contributed by atoms with Crippen LogP contribution in [-0.2, 0) is 0 Å². The summed E-state index contributed by atoms with van der Waals surface area (Å²) in [4.78, 5) is 4.46. The van der Waals surface area contributed by atoms with E-state index in [0.29, 0.717) is 28.5 Å². The smallest absolute Gasteiger partial charge is 0.167 e. The van der Waals surface area contributed by atoms with Crippen LogP contribution in [0.25, 0.3) is 10.9 Å². The third-order valence-electron chi connectivity index (χ3n) is 3.41. The van der Waals surface area contributed by atoms with Crippen molar-refractivity contribution in [2.24, 2.45) is 0 Å². The highest BCUT2D eigenvalue weighted by molar-refractivity contribution is 5.88. The van der Waals surface area contributed by atoms with Gasteiger partial charge in [0.2, 0.25) is 0 Å². The number of nitrogen functional groups attached to an aromatic ring is 1. The SMILES string of the molecule is CNc1cc(Oc2ccc(N)cc2F)c2ccc(OC)cc2n1. The molecule has 0 aliphatic rings. The fourth-order valence-electron chi connectivity index (χ4n) is 2.23. The molecule has 3 N–H and O–H groups in total. The number of nitrogens with zero attached hydrogens (tertiary/aromatic N) is 1. The van der Waals surface area contributed by atoms with Crippen LogP contribution in [0.1, 0.15) is 0 Å². The van der Waals surface area contributed by atoms with Crippen molar-refractivity contribution in [2.45, 2.75) is 0 Å². The molecular weight excluding hydrogens is 297 g/mol. The highest BCUT2D eigenvalue weighted by atomic mass is 19.1. The van der Waals surface area contributed by atoms with Gasteiger partial charge in [-0.25, -0.2) is 9.37 Å². The maximum Gasteiger partial charge on any atom is 0.167 e. The van der Waals surface area contributed by atoms with Crippen LogP contribution in [0.4, 0.5) is 15.9 Å². The topological polar surface area (TPSA) is 69.4 Å². The Morgan fingerprint density at radius 2 is 1.91 bits per heavy atom. The van der Waals surface area contributed by atoms with Crippen LogP contribution in [0, 0.1) is 5.82 Å². The molecule has 0 bridgehead atoms. The lowest BCUT2D eigenvalue weighted by Crippen LogP contribution is -1.97. The fourth-order valence-corrected chi connectivity index (χ4v) is 2.23. The summed E-state index contributed by atoms with van der Waals surface area (Å²) in [5, 5.41) is 3.71. The van der Waals surface area contributed by atoms with E-state index in [2.05, 4.69) is 10.3 Å². The number of pyridine rings is 1. The molecule has 1 heterocycles. The zero-order chi connectivity index (χ0) is 16.4. The molecule has 0 aliphatic carbocycles. The van der Waals surface area contributed by atoms with Gasteiger partial charge in [-0.05, 0) is 24.3 Å². The average Bonchev–Trinajstić information content (AvgIpc) is 2.56. The van der Waals surface area contributed by atoms with E-state index >= 15 is 0 Å². The van der Waals surface area contributed by atoms with Crippen LogP contribution >= 0.6 is 0 Å². The standard InChI is InChI=1S/C17H16FN3O2/c1-20-17-9-16(23-15-6-3-10(19)7-13(15)18)12-5-4-11(22-2)8-14(12)21-17/h3-9H,19H2,1-2H3,(H,20,21). The van der Waals surface area contributed by atoms with Crippen molar-refractivity contribution in [3.05, 3.63) is 48.3 Å². The Kier molecular flexibility index (Phi) is 3.89. The third-order valence-corrected chi connectivity index (χ3v) is 3.41. The second kappa shape index (κ2) is 6.00. The molecular formula is C17H16FN3O2. The molecule has 118 valence electrons. The van der Waals surface area contributed by atoms with Crippen molar-refractivity contribution in [1.82, 2.24) is 4.98 Å². The Hall–Kier alpha value is -3.02. The van der Waals surface area contributed by atoms with Crippen molar-refractivity contribution >= 4 is 22.4 Å². The highest BCUT2D eigenvalue weighted by Crippen LogP contribution is 2.34. The lowest BCUT2D eigenvalue weighted by Gasteiger charge is -2.12. The molecule has 0 saturated heterocycles. The number of hydrogen-bond acceptors (Lipinski definition) is 5. The molecule has 0 radical (unpaired) electrons. The summed E-state index contributed by atoms with van der Waals surface area (Å²) in [7, 11) is 3.34. The normalized spacial score (nSPS) is 10.6. The van der Waals surface area contributed by atoms with Crippen LogP contribution < -0.4 is 20.5 Å². The summed E-state index contributed by atoms with van der Waals surface area (Å²) >= 11 is 0. The van der Waals surface area contributed by atoms with Crippen LogP contribution in [-0.4, -0.2) is 19.1 Å². The molecule has 5 nitrogen and oxygen atoms in total. The maximum atomic E-state index is 14.0. The second-order valence-corrected chi connectivity index (χ2v) is 4.93. The number of aromatic nitrogens is 1. The van der Waals surface area contributed by atoms with Gasteiger partial charge in [0.1, 0.15) is 17.3 Å². The molecule has 1 aromatic heterocycles. The largest absolute Gasteiger partial charge is 0.497 e. The minimum atomic E-state index is -0.519. The quantitative estimate of drug-likeness (QED) is 0.717. The lowest BCUT2D eigenvalue weighted by molar-refractivity contribution is 0.415. The van der Waals surface area contributed by atoms with Crippen LogP contribution in [0.3, 0.4) is 0 Å². The summed E-state index contributed by atoms with van der Waals surface area (Å²) in [6.07, 6.45) is 0. The Morgan fingerprint density at radius 1 is 1.09 bits per heavy atom. The van der Waals surface area contributed by atoms with Crippen molar-refractivity contribution < 1.29 is 13.9 Å². The minimum absolute atomic E-state index is 0.101. The molecule has 0 fully saturated rings. The molecule has 0 atom stereocenters. The number of halogens is 1. The molecule has 6 heteroatoms. The van der Waals surface area contributed by atoms with Gasteiger partial charge in [-0.15, -0.1) is 0 Å². The van der Waals surface area contributed by atoms with Gasteiger partial charge in [0.05, 0.1) is 12.6 Å². The van der Waals surface area contributed by atoms with Gasteiger partial charge in [-0.2, -0.15) is 0 Å². The monoisotopic (exact) mass is 313 g/mol. The Bertz CT molecular complexity index is 863. The molecule has 0 amide bonds. The number of rotatable bonds is 4. The highest BCUT2D eigenvalue weighted by Gasteiger charge is 2.11. The maximum absolute atomic E-state index is 14.0. The van der Waals surface area contributed by atoms with Crippen molar-refractivity contribution in [3.8, 4) is 17.2 Å². The number of benzene rings is 2. The number of ether oxygens (including phenoxy) is 2. The fraction of sp³-hybridized carbons (Fsp3) is 0.118. The lowest BCUT2D eigenvalue weighted by atomic mass is 10.2. The zero-order valence-corrected chi connectivity index (χ0v) is 12.8. The van der Waals surface area contributed by atoms with E-state index in [1.54, 1.807) is 38.4 Å². The van der Waals surface area contributed by atoms with Crippen molar-refractivity contribution in [3.63, 3.8) is 0 Å². The predicted molar refractivity (Wildman–Crippen MR) is 88.7 cm³/mol. The Labute approximate surface area is 132 Å². The van der Waals surface area contributed by atoms with Gasteiger partial charge in [0, 0.05) is 36.3 Å². The number of hydrogen-bond donors (Lipinski definition) is 2. The average molecular weight is 313 g/mol. The Morgan fingerprint density at radius 3 is 2.61 bits per heavy atom. The van der Waals surface area contributed by atoms with Gasteiger partial charge < -0.3 is 20.5 Å². The van der Waals surface area contributed by atoms with E-state index in [4.69, 9.17) is 15.2 Å². The zero-order valence-electron chi connectivity index (χ0n) is 12.8. The third kappa shape index (κ3) is 2.96. The second-order valence-electron chi connectivity index (χ2n) is 4.93. The molecule has 23 heavy (non-hydrogen) atoms. The first-order valence-corrected chi connectivity index (χ1v) is 7.00. The van der Waals surface area contributed by atoms with Crippen molar-refractivity contribution in [1.29, 1.82) is 0 Å². The molecule has 3 rings (SSSR count). The number of fused-ring (bicyclic) bond motifs is 1. The van der Waals surface area contributed by atoms with Crippen LogP contribution in [0.15, 0.2) is 42.5 Å². The summed E-state index contributed by atoms with van der Waals surface area (Å²) in [5.41, 5.74) is 6.58. The molecule has 2 aromatic carbocycles. The molecule has 0 unspecified atom stereocenters. The van der Waals surface area contributed by atoms with Gasteiger partial charge in [0.25, 0.3) is 0 Å². The number of methoxy groups -OCH3 is 1. The van der Waals surface area contributed by atoms with E-state index < -0.39 is 5.82 Å².